The molecule has 1 saturated heterocycles. The molecule has 182 valence electrons. The number of alkyl halides is 3. The van der Waals surface area contributed by atoms with Crippen molar-refractivity contribution in [1.82, 2.24) is 4.72 Å². The largest absolute Gasteiger partial charge is 0.490 e. The van der Waals surface area contributed by atoms with Crippen LogP contribution in [0.3, 0.4) is 0 Å². The standard InChI is InChI=1S/C22H20F4N2O5S/c1-12(2)32-17-6-3-5-15(22(24,25)26)20(17)34(30,31)27-21(29)19-11-14-16(23)9-13(10-18(14)33-19)28-7-4-8-28/h3,5-6,9-12H,4,7-8H2,1-2H3,(H,27,29). The molecule has 12 heteroatoms. The Morgan fingerprint density at radius 3 is 2.47 bits per heavy atom. The highest BCUT2D eigenvalue weighted by molar-refractivity contribution is 7.90. The number of nitrogens with one attached hydrogen (secondary N) is 1. The number of benzene rings is 2. The van der Waals surface area contributed by atoms with Crippen molar-refractivity contribution < 1.29 is 39.9 Å². The van der Waals surface area contributed by atoms with Gasteiger partial charge in [-0.3, -0.25) is 4.79 Å². The van der Waals surface area contributed by atoms with Crippen LogP contribution in [0.5, 0.6) is 5.75 Å². The van der Waals surface area contributed by atoms with Crippen LogP contribution in [0.1, 0.15) is 36.4 Å². The number of carbonyl (C=O) groups is 1. The molecule has 0 saturated carbocycles. The van der Waals surface area contributed by atoms with Crippen molar-refractivity contribution >= 4 is 32.6 Å². The molecule has 1 N–H and O–H groups in total. The highest BCUT2D eigenvalue weighted by atomic mass is 32.2. The number of anilines is 1. The van der Waals surface area contributed by atoms with Crippen LogP contribution in [0, 0.1) is 5.82 Å². The van der Waals surface area contributed by atoms with E-state index in [1.54, 1.807) is 4.72 Å². The van der Waals surface area contributed by atoms with E-state index < -0.39 is 56.0 Å². The first-order valence-corrected chi connectivity index (χ1v) is 11.8. The SMILES string of the molecule is CC(C)Oc1cccc(C(F)(F)F)c1S(=O)(=O)NC(=O)c1cc2c(F)cc(N3CCC3)cc2o1. The summed E-state index contributed by atoms with van der Waals surface area (Å²) in [4.78, 5) is 13.3. The zero-order chi connectivity index (χ0) is 24.8. The van der Waals surface area contributed by atoms with Crippen molar-refractivity contribution in [2.24, 2.45) is 0 Å². The number of halogens is 4. The van der Waals surface area contributed by atoms with Gasteiger partial charge >= 0.3 is 12.1 Å². The maximum Gasteiger partial charge on any atom is 0.417 e. The topological polar surface area (TPSA) is 88.8 Å². The second-order valence-electron chi connectivity index (χ2n) is 8.02. The van der Waals surface area contributed by atoms with Gasteiger partial charge in [-0.2, -0.15) is 13.2 Å². The summed E-state index contributed by atoms with van der Waals surface area (Å²) >= 11 is 0. The molecule has 34 heavy (non-hydrogen) atoms. The predicted octanol–water partition coefficient (Wildman–Crippen LogP) is 4.71. The molecule has 1 fully saturated rings. The van der Waals surface area contributed by atoms with E-state index >= 15 is 0 Å². The van der Waals surface area contributed by atoms with Crippen LogP contribution in [-0.4, -0.2) is 33.5 Å². The molecule has 1 aromatic heterocycles. The van der Waals surface area contributed by atoms with E-state index in [1.807, 2.05) is 4.90 Å². The molecule has 1 amide bonds. The van der Waals surface area contributed by atoms with Crippen molar-refractivity contribution in [1.29, 1.82) is 0 Å². The summed E-state index contributed by atoms with van der Waals surface area (Å²) in [5, 5.41) is -0.0636. The average molecular weight is 500 g/mol. The molecular weight excluding hydrogens is 480 g/mol. The highest BCUT2D eigenvalue weighted by Gasteiger charge is 2.40. The molecule has 0 unspecified atom stereocenters. The smallest absolute Gasteiger partial charge is 0.417 e. The summed E-state index contributed by atoms with van der Waals surface area (Å²) in [6.07, 6.45) is -4.74. The first-order valence-electron chi connectivity index (χ1n) is 10.3. The molecule has 1 aliphatic rings. The second-order valence-corrected chi connectivity index (χ2v) is 9.64. The Labute approximate surface area is 192 Å². The lowest BCUT2D eigenvalue weighted by molar-refractivity contribution is -0.140. The highest BCUT2D eigenvalue weighted by Crippen LogP contribution is 2.39. The van der Waals surface area contributed by atoms with Crippen molar-refractivity contribution in [3.8, 4) is 5.75 Å². The number of hydrogen-bond donors (Lipinski definition) is 1. The molecule has 0 aliphatic carbocycles. The van der Waals surface area contributed by atoms with Gasteiger partial charge in [0.25, 0.3) is 10.0 Å². The lowest BCUT2D eigenvalue weighted by Gasteiger charge is -2.33. The first-order chi connectivity index (χ1) is 15.9. The van der Waals surface area contributed by atoms with Crippen LogP contribution < -0.4 is 14.4 Å². The summed E-state index contributed by atoms with van der Waals surface area (Å²) in [6, 6.07) is 6.40. The van der Waals surface area contributed by atoms with Crippen LogP contribution >= 0.6 is 0 Å². The van der Waals surface area contributed by atoms with Gasteiger partial charge in [0.15, 0.2) is 5.76 Å². The van der Waals surface area contributed by atoms with Gasteiger partial charge in [0.1, 0.15) is 22.0 Å². The minimum atomic E-state index is -5.07. The molecule has 2 heterocycles. The lowest BCUT2D eigenvalue weighted by Crippen LogP contribution is -2.36. The Morgan fingerprint density at radius 1 is 1.18 bits per heavy atom. The third-order valence-corrected chi connectivity index (χ3v) is 6.57. The van der Waals surface area contributed by atoms with E-state index in [2.05, 4.69) is 0 Å². The quantitative estimate of drug-likeness (QED) is 0.494. The van der Waals surface area contributed by atoms with Gasteiger partial charge in [0, 0.05) is 30.9 Å². The minimum absolute atomic E-state index is 0.00368. The minimum Gasteiger partial charge on any atom is -0.490 e. The molecule has 3 aromatic rings. The number of fused-ring (bicyclic) bond motifs is 1. The number of hydrogen-bond acceptors (Lipinski definition) is 6. The zero-order valence-electron chi connectivity index (χ0n) is 18.1. The van der Waals surface area contributed by atoms with Gasteiger partial charge in [0.05, 0.1) is 17.1 Å². The summed E-state index contributed by atoms with van der Waals surface area (Å²) < 4.78 is 93.3. The normalized spacial score (nSPS) is 14.4. The molecule has 1 aliphatic heterocycles. The molecular formula is C22H20F4N2O5S. The number of furan rings is 1. The van der Waals surface area contributed by atoms with Gasteiger partial charge in [-0.1, -0.05) is 6.07 Å². The number of carbonyl (C=O) groups excluding carboxylic acids is 1. The maximum absolute atomic E-state index is 14.5. The van der Waals surface area contributed by atoms with Gasteiger partial charge < -0.3 is 14.1 Å². The van der Waals surface area contributed by atoms with Crippen molar-refractivity contribution in [2.75, 3.05) is 18.0 Å². The number of amides is 1. The van der Waals surface area contributed by atoms with E-state index in [0.717, 1.165) is 37.7 Å². The van der Waals surface area contributed by atoms with Crippen molar-refractivity contribution in [3.63, 3.8) is 0 Å². The third-order valence-electron chi connectivity index (χ3n) is 5.16. The summed E-state index contributed by atoms with van der Waals surface area (Å²) in [5.41, 5.74) is -0.954. The zero-order valence-corrected chi connectivity index (χ0v) is 18.9. The van der Waals surface area contributed by atoms with E-state index in [0.29, 0.717) is 11.8 Å². The lowest BCUT2D eigenvalue weighted by atomic mass is 10.1. The average Bonchev–Trinajstić information content (AvgIpc) is 3.10. The summed E-state index contributed by atoms with van der Waals surface area (Å²) in [6.45, 7) is 4.48. The van der Waals surface area contributed by atoms with E-state index in [9.17, 15) is 30.8 Å². The molecule has 0 radical (unpaired) electrons. The number of sulfonamides is 1. The maximum atomic E-state index is 14.5. The Bertz CT molecular complexity index is 1360. The molecule has 0 atom stereocenters. The Balaban J connectivity index is 1.71. The van der Waals surface area contributed by atoms with Crippen LogP contribution in [0.15, 0.2) is 45.7 Å². The first kappa shape index (κ1) is 23.9. The van der Waals surface area contributed by atoms with Crippen molar-refractivity contribution in [2.45, 2.75) is 37.4 Å². The fourth-order valence-corrected chi connectivity index (χ4v) is 4.84. The Morgan fingerprint density at radius 2 is 1.88 bits per heavy atom. The number of ether oxygens (including phenoxy) is 1. The molecule has 0 bridgehead atoms. The third kappa shape index (κ3) is 4.54. The van der Waals surface area contributed by atoms with Gasteiger partial charge in [0.2, 0.25) is 0 Å². The van der Waals surface area contributed by atoms with Gasteiger partial charge in [-0.05, 0) is 38.5 Å². The fraction of sp³-hybridized carbons (Fsp3) is 0.318. The molecule has 7 nitrogen and oxygen atoms in total. The van der Waals surface area contributed by atoms with Gasteiger partial charge in [-0.25, -0.2) is 17.5 Å². The number of nitrogens with zero attached hydrogens (tertiary/aromatic N) is 1. The van der Waals surface area contributed by atoms with Crippen molar-refractivity contribution in [3.05, 3.63) is 53.5 Å². The van der Waals surface area contributed by atoms with Crippen LogP contribution in [0.2, 0.25) is 0 Å². The number of rotatable bonds is 6. The fourth-order valence-electron chi connectivity index (χ4n) is 3.54. The molecule has 0 spiro atoms. The van der Waals surface area contributed by atoms with Crippen LogP contribution in [-0.2, 0) is 16.2 Å². The van der Waals surface area contributed by atoms with E-state index in [4.69, 9.17) is 9.15 Å². The Hall–Kier alpha value is -3.28. The second kappa shape index (κ2) is 8.49. The van der Waals surface area contributed by atoms with Gasteiger partial charge in [-0.15, -0.1) is 0 Å². The molecule has 2 aromatic carbocycles. The predicted molar refractivity (Wildman–Crippen MR) is 115 cm³/mol. The van der Waals surface area contributed by atoms with Crippen LogP contribution in [0.4, 0.5) is 23.2 Å². The van der Waals surface area contributed by atoms with E-state index in [1.165, 1.54) is 26.0 Å². The summed E-state index contributed by atoms with van der Waals surface area (Å²) in [7, 11) is -5.07. The molecule has 4 rings (SSSR count). The Kier molecular flexibility index (Phi) is 5.96. The van der Waals surface area contributed by atoms with Crippen LogP contribution in [0.25, 0.3) is 11.0 Å². The summed E-state index contributed by atoms with van der Waals surface area (Å²) in [5.74, 6) is -3.18. The monoisotopic (exact) mass is 500 g/mol. The van der Waals surface area contributed by atoms with E-state index in [-0.39, 0.29) is 11.0 Å².